The van der Waals surface area contributed by atoms with Gasteiger partial charge in [-0.25, -0.2) is 13.6 Å². The zero-order valence-electron chi connectivity index (χ0n) is 14.0. The molecule has 0 unspecified atom stereocenters. The van der Waals surface area contributed by atoms with Gasteiger partial charge < -0.3 is 5.32 Å². The molecule has 0 aliphatic carbocycles. The van der Waals surface area contributed by atoms with Crippen LogP contribution < -0.4 is 10.5 Å². The molecule has 25 heavy (non-hydrogen) atoms. The number of benzene rings is 2. The predicted octanol–water partition coefficient (Wildman–Crippen LogP) is 1.01. The fourth-order valence-corrected chi connectivity index (χ4v) is 3.57. The maximum Gasteiger partial charge on any atom is 0.238 e. The monoisotopic (exact) mass is 359 g/mol. The van der Waals surface area contributed by atoms with Crippen LogP contribution in [0.25, 0.3) is 0 Å². The Morgan fingerprint density at radius 2 is 1.80 bits per heavy atom. The van der Waals surface area contributed by atoms with Crippen molar-refractivity contribution in [1.82, 2.24) is 10.2 Å². The number of hydrogen-bond acceptors (Lipinski definition) is 4. The molecule has 132 valence electrons. The van der Waals surface area contributed by atoms with Crippen molar-refractivity contribution in [2.75, 3.05) is 7.05 Å². The second kappa shape index (κ2) is 6.95. The molecule has 1 atom stereocenters. The molecule has 1 aliphatic rings. The summed E-state index contributed by atoms with van der Waals surface area (Å²) in [5.41, 5.74) is 3.28. The van der Waals surface area contributed by atoms with Crippen molar-refractivity contribution in [2.24, 2.45) is 5.14 Å². The molecule has 7 heteroatoms. The smallest absolute Gasteiger partial charge is 0.238 e. The van der Waals surface area contributed by atoms with E-state index in [1.54, 1.807) is 12.1 Å². The number of nitrogens with one attached hydrogen (secondary N) is 1. The lowest BCUT2D eigenvalue weighted by Gasteiger charge is -2.33. The number of fused-ring (bicyclic) bond motifs is 1. The second-order valence-electron chi connectivity index (χ2n) is 6.31. The Morgan fingerprint density at radius 1 is 1.16 bits per heavy atom. The zero-order valence-corrected chi connectivity index (χ0v) is 14.8. The summed E-state index contributed by atoms with van der Waals surface area (Å²) in [6.45, 7) is 1.09. The Balaban J connectivity index is 1.63. The van der Waals surface area contributed by atoms with Gasteiger partial charge in [0.1, 0.15) is 0 Å². The van der Waals surface area contributed by atoms with Crippen LogP contribution in [0, 0.1) is 0 Å². The SMILES string of the molecule is CN1Cc2ccccc2C[C@@H]1C(=O)NCc1ccc(S(N)(=O)=O)cc1. The first-order chi connectivity index (χ1) is 11.8. The molecular formula is C18H21N3O3S. The summed E-state index contributed by atoms with van der Waals surface area (Å²) in [5.74, 6) is -0.0347. The maximum atomic E-state index is 12.5. The molecule has 0 bridgehead atoms. The van der Waals surface area contributed by atoms with Crippen LogP contribution in [0.2, 0.25) is 0 Å². The third-order valence-corrected chi connectivity index (χ3v) is 5.43. The van der Waals surface area contributed by atoms with Gasteiger partial charge in [0.15, 0.2) is 0 Å². The van der Waals surface area contributed by atoms with Crippen molar-refractivity contribution in [3.8, 4) is 0 Å². The highest BCUT2D eigenvalue weighted by Crippen LogP contribution is 2.22. The van der Waals surface area contributed by atoms with Crippen LogP contribution in [0.3, 0.4) is 0 Å². The van der Waals surface area contributed by atoms with Crippen molar-refractivity contribution in [2.45, 2.75) is 30.4 Å². The fourth-order valence-electron chi connectivity index (χ4n) is 3.05. The van der Waals surface area contributed by atoms with E-state index in [0.29, 0.717) is 13.0 Å². The lowest BCUT2D eigenvalue weighted by molar-refractivity contribution is -0.126. The fraction of sp³-hybridized carbons (Fsp3) is 0.278. The van der Waals surface area contributed by atoms with E-state index >= 15 is 0 Å². The Labute approximate surface area is 147 Å². The summed E-state index contributed by atoms with van der Waals surface area (Å²) >= 11 is 0. The Hall–Kier alpha value is -2.22. The number of primary sulfonamides is 1. The first-order valence-electron chi connectivity index (χ1n) is 8.01. The topological polar surface area (TPSA) is 92.5 Å². The highest BCUT2D eigenvalue weighted by atomic mass is 32.2. The molecule has 0 saturated carbocycles. The lowest BCUT2D eigenvalue weighted by atomic mass is 9.94. The van der Waals surface area contributed by atoms with Crippen molar-refractivity contribution >= 4 is 15.9 Å². The molecule has 3 N–H and O–H groups in total. The third-order valence-electron chi connectivity index (χ3n) is 4.50. The van der Waals surface area contributed by atoms with E-state index in [2.05, 4.69) is 17.4 Å². The van der Waals surface area contributed by atoms with Crippen LogP contribution in [0.5, 0.6) is 0 Å². The van der Waals surface area contributed by atoms with Gasteiger partial charge >= 0.3 is 0 Å². The summed E-state index contributed by atoms with van der Waals surface area (Å²) in [6.07, 6.45) is 0.683. The van der Waals surface area contributed by atoms with E-state index in [9.17, 15) is 13.2 Å². The summed E-state index contributed by atoms with van der Waals surface area (Å²) in [5, 5.41) is 8.00. The number of nitrogens with zero attached hydrogens (tertiary/aromatic N) is 1. The first-order valence-corrected chi connectivity index (χ1v) is 9.56. The highest BCUT2D eigenvalue weighted by molar-refractivity contribution is 7.89. The number of rotatable bonds is 4. The zero-order chi connectivity index (χ0) is 18.0. The Bertz CT molecular complexity index is 879. The number of carbonyl (C=O) groups excluding carboxylic acids is 1. The summed E-state index contributed by atoms with van der Waals surface area (Å²) in [7, 11) is -1.75. The van der Waals surface area contributed by atoms with E-state index in [1.165, 1.54) is 23.3 Å². The molecule has 0 spiro atoms. The second-order valence-corrected chi connectivity index (χ2v) is 7.87. The molecular weight excluding hydrogens is 338 g/mol. The lowest BCUT2D eigenvalue weighted by Crippen LogP contribution is -2.48. The quantitative estimate of drug-likeness (QED) is 0.852. The molecule has 3 rings (SSSR count). The molecule has 2 aromatic rings. The number of hydrogen-bond donors (Lipinski definition) is 2. The Kier molecular flexibility index (Phi) is 4.89. The number of carbonyl (C=O) groups is 1. The summed E-state index contributed by atoms with van der Waals surface area (Å²) in [6, 6.07) is 14.1. The van der Waals surface area contributed by atoms with E-state index in [-0.39, 0.29) is 16.8 Å². The molecule has 0 saturated heterocycles. The summed E-state index contributed by atoms with van der Waals surface area (Å²) < 4.78 is 22.5. The molecule has 1 aliphatic heterocycles. The normalized spacial score (nSPS) is 17.8. The Morgan fingerprint density at radius 3 is 2.44 bits per heavy atom. The number of nitrogens with two attached hydrogens (primary N) is 1. The van der Waals surface area contributed by atoms with Gasteiger partial charge in [0.25, 0.3) is 0 Å². The minimum Gasteiger partial charge on any atom is -0.351 e. The van der Waals surface area contributed by atoms with Crippen molar-refractivity contribution < 1.29 is 13.2 Å². The maximum absolute atomic E-state index is 12.5. The van der Waals surface area contributed by atoms with Gasteiger partial charge in [0.05, 0.1) is 10.9 Å². The minimum atomic E-state index is -3.70. The van der Waals surface area contributed by atoms with Crippen LogP contribution in [0.4, 0.5) is 0 Å². The average Bonchev–Trinajstić information content (AvgIpc) is 2.58. The van der Waals surface area contributed by atoms with E-state index in [1.807, 2.05) is 24.1 Å². The van der Waals surface area contributed by atoms with E-state index < -0.39 is 10.0 Å². The van der Waals surface area contributed by atoms with Gasteiger partial charge in [0.2, 0.25) is 15.9 Å². The van der Waals surface area contributed by atoms with Crippen LogP contribution in [0.15, 0.2) is 53.4 Å². The number of likely N-dealkylation sites (N-methyl/N-ethyl adjacent to an activating group) is 1. The minimum absolute atomic E-state index is 0.0347. The third kappa shape index (κ3) is 4.07. The van der Waals surface area contributed by atoms with Gasteiger partial charge in [-0.05, 0) is 42.3 Å². The van der Waals surface area contributed by atoms with Gasteiger partial charge in [-0.2, -0.15) is 0 Å². The molecule has 1 heterocycles. The predicted molar refractivity (Wildman–Crippen MR) is 95.1 cm³/mol. The number of amides is 1. The largest absolute Gasteiger partial charge is 0.351 e. The van der Waals surface area contributed by atoms with Gasteiger partial charge in [0, 0.05) is 13.1 Å². The van der Waals surface area contributed by atoms with Crippen molar-refractivity contribution in [1.29, 1.82) is 0 Å². The first kappa shape index (κ1) is 17.6. The van der Waals surface area contributed by atoms with Crippen LogP contribution in [0.1, 0.15) is 16.7 Å². The summed E-state index contributed by atoms with van der Waals surface area (Å²) in [4.78, 5) is 14.7. The molecule has 6 nitrogen and oxygen atoms in total. The van der Waals surface area contributed by atoms with Gasteiger partial charge in [-0.1, -0.05) is 36.4 Å². The number of sulfonamides is 1. The van der Waals surface area contributed by atoms with E-state index in [4.69, 9.17) is 5.14 Å². The van der Waals surface area contributed by atoms with Gasteiger partial charge in [-0.3, -0.25) is 9.69 Å². The molecule has 0 aromatic heterocycles. The van der Waals surface area contributed by atoms with Crippen LogP contribution >= 0.6 is 0 Å². The van der Waals surface area contributed by atoms with Crippen molar-refractivity contribution in [3.05, 3.63) is 65.2 Å². The molecule has 0 radical (unpaired) electrons. The van der Waals surface area contributed by atoms with Crippen LogP contribution in [-0.2, 0) is 34.3 Å². The average molecular weight is 359 g/mol. The molecule has 1 amide bonds. The van der Waals surface area contributed by atoms with Gasteiger partial charge in [-0.15, -0.1) is 0 Å². The standard InChI is InChI=1S/C18H21N3O3S/c1-21-12-15-5-3-2-4-14(15)10-17(21)18(22)20-11-13-6-8-16(9-7-13)25(19,23)24/h2-9,17H,10-12H2,1H3,(H,20,22)(H2,19,23,24)/t17-/m1/s1. The molecule has 0 fully saturated rings. The molecule has 2 aromatic carbocycles. The van der Waals surface area contributed by atoms with Crippen molar-refractivity contribution in [3.63, 3.8) is 0 Å². The van der Waals surface area contributed by atoms with E-state index in [0.717, 1.165) is 12.1 Å². The van der Waals surface area contributed by atoms with Crippen LogP contribution in [-0.4, -0.2) is 32.3 Å². The highest BCUT2D eigenvalue weighted by Gasteiger charge is 2.28.